The molecular weight excluding hydrogens is 322 g/mol. The van der Waals surface area contributed by atoms with Crippen molar-refractivity contribution in [2.75, 3.05) is 6.54 Å². The number of rotatable bonds is 5. The molecule has 3 nitrogen and oxygen atoms in total. The zero-order valence-corrected chi connectivity index (χ0v) is 14.3. The molecule has 1 rings (SSSR count). The minimum atomic E-state index is 0.0110. The first-order valence-corrected chi connectivity index (χ1v) is 7.90. The maximum absolute atomic E-state index is 5.82. The van der Waals surface area contributed by atoms with Gasteiger partial charge in [-0.15, -0.1) is 11.8 Å². The van der Waals surface area contributed by atoms with Crippen LogP contribution < -0.4 is 11.1 Å². The molecule has 0 amide bonds. The standard InChI is InChI=1S/C14H22BrN3S/c1-10(2)18-13(16)17-9-14(3,4)19-12-7-5-11(15)6-8-12/h5-8,10H,9H2,1-4H3,(H3,16,17,18). The Morgan fingerprint density at radius 1 is 1.37 bits per heavy atom. The van der Waals surface area contributed by atoms with E-state index in [4.69, 9.17) is 5.73 Å². The molecule has 0 fully saturated rings. The Kier molecular flexibility index (Phi) is 6.20. The number of hydrogen-bond donors (Lipinski definition) is 2. The van der Waals surface area contributed by atoms with Gasteiger partial charge in [-0.3, -0.25) is 4.99 Å². The molecule has 5 heteroatoms. The summed E-state index contributed by atoms with van der Waals surface area (Å²) in [7, 11) is 0. The molecule has 0 unspecified atom stereocenters. The van der Waals surface area contributed by atoms with E-state index in [9.17, 15) is 0 Å². The van der Waals surface area contributed by atoms with Crippen LogP contribution in [0.3, 0.4) is 0 Å². The fourth-order valence-electron chi connectivity index (χ4n) is 1.47. The number of guanidine groups is 1. The highest BCUT2D eigenvalue weighted by Gasteiger charge is 2.19. The maximum atomic E-state index is 5.82. The zero-order valence-electron chi connectivity index (χ0n) is 11.9. The predicted octanol–water partition coefficient (Wildman–Crippen LogP) is 3.63. The largest absolute Gasteiger partial charge is 0.370 e. The number of hydrogen-bond acceptors (Lipinski definition) is 2. The Labute approximate surface area is 128 Å². The Morgan fingerprint density at radius 2 is 1.95 bits per heavy atom. The van der Waals surface area contributed by atoms with Crippen molar-refractivity contribution < 1.29 is 0 Å². The lowest BCUT2D eigenvalue weighted by atomic mass is 10.2. The number of nitrogens with two attached hydrogens (primary N) is 1. The number of nitrogens with one attached hydrogen (secondary N) is 1. The minimum Gasteiger partial charge on any atom is -0.370 e. The first kappa shape index (κ1) is 16.4. The molecule has 0 aromatic heterocycles. The molecular formula is C14H22BrN3S. The summed E-state index contributed by atoms with van der Waals surface area (Å²) in [6, 6.07) is 8.63. The number of benzene rings is 1. The second-order valence-corrected chi connectivity index (χ2v) is 8.01. The van der Waals surface area contributed by atoms with E-state index in [1.54, 1.807) is 11.8 Å². The van der Waals surface area contributed by atoms with E-state index in [0.29, 0.717) is 18.5 Å². The van der Waals surface area contributed by atoms with E-state index in [-0.39, 0.29) is 4.75 Å². The third-order valence-corrected chi connectivity index (χ3v) is 3.99. The van der Waals surface area contributed by atoms with Gasteiger partial charge < -0.3 is 11.1 Å². The van der Waals surface area contributed by atoms with Gasteiger partial charge in [-0.25, -0.2) is 0 Å². The second kappa shape index (κ2) is 7.20. The molecule has 0 bridgehead atoms. The van der Waals surface area contributed by atoms with Gasteiger partial charge in [0, 0.05) is 20.2 Å². The lowest BCUT2D eigenvalue weighted by Gasteiger charge is -2.22. The van der Waals surface area contributed by atoms with Gasteiger partial charge in [0.1, 0.15) is 0 Å². The van der Waals surface area contributed by atoms with Crippen molar-refractivity contribution in [3.05, 3.63) is 28.7 Å². The molecule has 0 heterocycles. The highest BCUT2D eigenvalue weighted by atomic mass is 79.9. The summed E-state index contributed by atoms with van der Waals surface area (Å²) in [5.41, 5.74) is 5.82. The van der Waals surface area contributed by atoms with E-state index in [1.807, 2.05) is 13.8 Å². The minimum absolute atomic E-state index is 0.0110. The van der Waals surface area contributed by atoms with Crippen LogP contribution in [-0.4, -0.2) is 23.3 Å². The predicted molar refractivity (Wildman–Crippen MR) is 88.8 cm³/mol. The van der Waals surface area contributed by atoms with Gasteiger partial charge in [0.15, 0.2) is 5.96 Å². The van der Waals surface area contributed by atoms with Crippen molar-refractivity contribution in [1.29, 1.82) is 0 Å². The summed E-state index contributed by atoms with van der Waals surface area (Å²) >= 11 is 5.25. The maximum Gasteiger partial charge on any atom is 0.188 e. The third-order valence-electron chi connectivity index (χ3n) is 2.27. The summed E-state index contributed by atoms with van der Waals surface area (Å²) in [6.45, 7) is 9.12. The van der Waals surface area contributed by atoms with Gasteiger partial charge in [0.2, 0.25) is 0 Å². The number of halogens is 1. The SMILES string of the molecule is CC(C)NC(N)=NCC(C)(C)Sc1ccc(Br)cc1. The average Bonchev–Trinajstić information content (AvgIpc) is 2.29. The molecule has 0 atom stereocenters. The van der Waals surface area contributed by atoms with Crippen molar-refractivity contribution >= 4 is 33.7 Å². The van der Waals surface area contributed by atoms with E-state index >= 15 is 0 Å². The van der Waals surface area contributed by atoms with Crippen LogP contribution in [0.15, 0.2) is 38.6 Å². The molecule has 1 aromatic carbocycles. The fraction of sp³-hybridized carbons (Fsp3) is 0.500. The highest BCUT2D eigenvalue weighted by molar-refractivity contribution is 9.10. The second-order valence-electron chi connectivity index (χ2n) is 5.32. The molecule has 0 saturated carbocycles. The molecule has 0 saturated heterocycles. The van der Waals surface area contributed by atoms with Crippen molar-refractivity contribution in [1.82, 2.24) is 5.32 Å². The van der Waals surface area contributed by atoms with Crippen LogP contribution in [0.2, 0.25) is 0 Å². The van der Waals surface area contributed by atoms with Gasteiger partial charge in [-0.1, -0.05) is 15.9 Å². The van der Waals surface area contributed by atoms with Crippen LogP contribution in [0.1, 0.15) is 27.7 Å². The van der Waals surface area contributed by atoms with E-state index in [2.05, 4.69) is 64.4 Å². The number of aliphatic imine (C=N–C) groups is 1. The van der Waals surface area contributed by atoms with Gasteiger partial charge in [-0.05, 0) is 52.0 Å². The normalized spacial score (nSPS) is 12.8. The first-order chi connectivity index (χ1) is 8.78. The molecule has 19 heavy (non-hydrogen) atoms. The highest BCUT2D eigenvalue weighted by Crippen LogP contribution is 2.33. The molecule has 0 aliphatic heterocycles. The molecule has 0 radical (unpaired) electrons. The van der Waals surface area contributed by atoms with E-state index in [0.717, 1.165) is 4.47 Å². The third kappa shape index (κ3) is 6.87. The van der Waals surface area contributed by atoms with Gasteiger partial charge in [-0.2, -0.15) is 0 Å². The lowest BCUT2D eigenvalue weighted by Crippen LogP contribution is -2.37. The summed E-state index contributed by atoms with van der Waals surface area (Å²) in [6.07, 6.45) is 0. The van der Waals surface area contributed by atoms with Gasteiger partial charge in [0.05, 0.1) is 6.54 Å². The Balaban J connectivity index is 2.58. The zero-order chi connectivity index (χ0) is 14.5. The van der Waals surface area contributed by atoms with Crippen molar-refractivity contribution in [2.45, 2.75) is 43.4 Å². The van der Waals surface area contributed by atoms with E-state index in [1.165, 1.54) is 4.90 Å². The average molecular weight is 344 g/mol. The van der Waals surface area contributed by atoms with Crippen LogP contribution in [-0.2, 0) is 0 Å². The summed E-state index contributed by atoms with van der Waals surface area (Å²) in [4.78, 5) is 5.64. The lowest BCUT2D eigenvalue weighted by molar-refractivity contribution is 0.695. The monoisotopic (exact) mass is 343 g/mol. The van der Waals surface area contributed by atoms with Crippen LogP contribution in [0.4, 0.5) is 0 Å². The van der Waals surface area contributed by atoms with Gasteiger partial charge >= 0.3 is 0 Å². The summed E-state index contributed by atoms with van der Waals surface area (Å²) < 4.78 is 1.11. The van der Waals surface area contributed by atoms with Crippen LogP contribution in [0.25, 0.3) is 0 Å². The molecule has 0 spiro atoms. The topological polar surface area (TPSA) is 50.4 Å². The summed E-state index contributed by atoms with van der Waals surface area (Å²) in [5, 5.41) is 3.10. The van der Waals surface area contributed by atoms with Crippen LogP contribution >= 0.6 is 27.7 Å². The molecule has 3 N–H and O–H groups in total. The van der Waals surface area contributed by atoms with Crippen LogP contribution in [0, 0.1) is 0 Å². The summed E-state index contributed by atoms with van der Waals surface area (Å²) in [5.74, 6) is 0.513. The fourth-order valence-corrected chi connectivity index (χ4v) is 2.77. The first-order valence-electron chi connectivity index (χ1n) is 6.29. The number of nitrogens with zero attached hydrogens (tertiary/aromatic N) is 1. The van der Waals surface area contributed by atoms with Crippen LogP contribution in [0.5, 0.6) is 0 Å². The number of thioether (sulfide) groups is 1. The van der Waals surface area contributed by atoms with Crippen molar-refractivity contribution in [2.24, 2.45) is 10.7 Å². The molecule has 106 valence electrons. The smallest absolute Gasteiger partial charge is 0.188 e. The Hall–Kier alpha value is -0.680. The Morgan fingerprint density at radius 3 is 2.47 bits per heavy atom. The Bertz CT molecular complexity index is 427. The van der Waals surface area contributed by atoms with Crippen molar-refractivity contribution in [3.63, 3.8) is 0 Å². The quantitative estimate of drug-likeness (QED) is 0.487. The van der Waals surface area contributed by atoms with E-state index < -0.39 is 0 Å². The molecule has 0 aliphatic carbocycles. The van der Waals surface area contributed by atoms with Gasteiger partial charge in [0.25, 0.3) is 0 Å². The van der Waals surface area contributed by atoms with Crippen molar-refractivity contribution in [3.8, 4) is 0 Å². The molecule has 0 aliphatic rings. The molecule has 1 aromatic rings.